The molecule has 0 unspecified atom stereocenters. The summed E-state index contributed by atoms with van der Waals surface area (Å²) in [7, 11) is 0. The number of nitrogens with one attached hydrogen (secondary N) is 1. The van der Waals surface area contributed by atoms with Crippen molar-refractivity contribution >= 4 is 44.2 Å². The molecule has 5 aromatic rings. The van der Waals surface area contributed by atoms with E-state index in [2.05, 4.69) is 10.3 Å². The van der Waals surface area contributed by atoms with Crippen LogP contribution in [-0.4, -0.2) is 20.4 Å². The average Bonchev–Trinajstić information content (AvgIpc) is 3.20. The van der Waals surface area contributed by atoms with Crippen molar-refractivity contribution < 1.29 is 4.79 Å². The minimum atomic E-state index is -0.316. The van der Waals surface area contributed by atoms with Crippen molar-refractivity contribution in [3.63, 3.8) is 0 Å². The predicted octanol–water partition coefficient (Wildman–Crippen LogP) is 4.31. The van der Waals surface area contributed by atoms with E-state index < -0.39 is 0 Å². The van der Waals surface area contributed by atoms with Crippen LogP contribution in [0.3, 0.4) is 0 Å². The first-order valence-corrected chi connectivity index (χ1v) is 10.2. The number of amides is 1. The number of carbonyl (C=O) groups excluding carboxylic acids is 1. The molecule has 0 bridgehead atoms. The molecule has 0 fully saturated rings. The Labute approximate surface area is 175 Å². The molecule has 0 spiro atoms. The van der Waals surface area contributed by atoms with Crippen LogP contribution in [0.1, 0.15) is 0 Å². The highest BCUT2D eigenvalue weighted by molar-refractivity contribution is 7.21. The smallest absolute Gasteiger partial charge is 0.269 e. The summed E-state index contributed by atoms with van der Waals surface area (Å²) in [4.78, 5) is 34.0. The van der Waals surface area contributed by atoms with E-state index in [1.807, 2.05) is 66.7 Å². The highest BCUT2D eigenvalue weighted by Crippen LogP contribution is 2.34. The largest absolute Gasteiger partial charge is 0.324 e. The summed E-state index contributed by atoms with van der Waals surface area (Å²) in [5.74, 6) is -0.290. The number of para-hydroxylation sites is 4. The number of anilines is 1. The first-order chi connectivity index (χ1) is 14.7. The van der Waals surface area contributed by atoms with Crippen LogP contribution in [-0.2, 0) is 11.3 Å². The Morgan fingerprint density at radius 2 is 1.67 bits per heavy atom. The molecule has 0 aliphatic rings. The summed E-state index contributed by atoms with van der Waals surface area (Å²) in [6.45, 7) is -0.101. The number of nitrogens with zero attached hydrogens (tertiary/aromatic N) is 3. The molecule has 0 atom stereocenters. The van der Waals surface area contributed by atoms with Crippen molar-refractivity contribution in [3.05, 3.63) is 89.3 Å². The molecule has 1 amide bonds. The van der Waals surface area contributed by atoms with E-state index in [0.717, 1.165) is 20.8 Å². The second-order valence-corrected chi connectivity index (χ2v) is 7.78. The van der Waals surface area contributed by atoms with Gasteiger partial charge in [0, 0.05) is 5.56 Å². The van der Waals surface area contributed by atoms with Gasteiger partial charge < -0.3 is 5.32 Å². The van der Waals surface area contributed by atoms with Crippen molar-refractivity contribution in [2.45, 2.75) is 6.54 Å². The summed E-state index contributed by atoms with van der Waals surface area (Å²) in [6, 6.07) is 22.7. The highest BCUT2D eigenvalue weighted by Gasteiger charge is 2.14. The van der Waals surface area contributed by atoms with Gasteiger partial charge in [0.2, 0.25) is 5.91 Å². The molecule has 0 aliphatic carbocycles. The number of carbonyl (C=O) groups is 1. The Balaban J connectivity index is 1.47. The predicted molar refractivity (Wildman–Crippen MR) is 120 cm³/mol. The van der Waals surface area contributed by atoms with E-state index in [-0.39, 0.29) is 18.0 Å². The van der Waals surface area contributed by atoms with Gasteiger partial charge in [0.1, 0.15) is 11.6 Å². The van der Waals surface area contributed by atoms with E-state index >= 15 is 0 Å². The van der Waals surface area contributed by atoms with Gasteiger partial charge in [-0.1, -0.05) is 36.4 Å². The molecule has 30 heavy (non-hydrogen) atoms. The molecule has 146 valence electrons. The van der Waals surface area contributed by atoms with Gasteiger partial charge in [0.25, 0.3) is 5.56 Å². The topological polar surface area (TPSA) is 76.9 Å². The molecule has 3 aromatic carbocycles. The number of aromatic nitrogens is 3. The Bertz CT molecular complexity index is 1420. The first-order valence-electron chi connectivity index (χ1n) is 9.38. The van der Waals surface area contributed by atoms with Gasteiger partial charge in [-0.05, 0) is 36.4 Å². The Hall–Kier alpha value is -3.84. The SMILES string of the molecule is O=C(Cn1c(=O)cnc2ccccc21)Nc1ccccc1-c1nc2ccccc2s1. The number of thiazole rings is 1. The number of benzene rings is 3. The van der Waals surface area contributed by atoms with Crippen molar-refractivity contribution in [1.29, 1.82) is 0 Å². The lowest BCUT2D eigenvalue weighted by atomic mass is 10.2. The quantitative estimate of drug-likeness (QED) is 0.477. The second kappa shape index (κ2) is 7.53. The fraction of sp³-hybridized carbons (Fsp3) is 0.0435. The maximum Gasteiger partial charge on any atom is 0.269 e. The van der Waals surface area contributed by atoms with Crippen LogP contribution >= 0.6 is 11.3 Å². The average molecular weight is 412 g/mol. The van der Waals surface area contributed by atoms with Gasteiger partial charge in [-0.2, -0.15) is 0 Å². The molecule has 0 aliphatic heterocycles. The molecule has 0 saturated carbocycles. The molecule has 2 aromatic heterocycles. The Morgan fingerprint density at radius 3 is 2.53 bits per heavy atom. The standard InChI is InChI=1S/C23H16N4O2S/c28-21(14-27-19-11-5-3-9-17(19)24-13-22(27)29)25-16-8-2-1-7-15(16)23-26-18-10-4-6-12-20(18)30-23/h1-13H,14H2,(H,25,28). The molecular weight excluding hydrogens is 396 g/mol. The van der Waals surface area contributed by atoms with Gasteiger partial charge in [-0.25, -0.2) is 9.97 Å². The molecule has 1 N–H and O–H groups in total. The summed E-state index contributed by atoms with van der Waals surface area (Å²) in [5.41, 5.74) is 3.41. The molecule has 0 saturated heterocycles. The Kier molecular flexibility index (Phi) is 4.57. The Morgan fingerprint density at radius 1 is 0.933 bits per heavy atom. The number of hydrogen-bond donors (Lipinski definition) is 1. The van der Waals surface area contributed by atoms with Crippen LogP contribution in [0, 0.1) is 0 Å². The summed E-state index contributed by atoms with van der Waals surface area (Å²) >= 11 is 1.57. The van der Waals surface area contributed by atoms with E-state index in [1.54, 1.807) is 17.4 Å². The zero-order valence-electron chi connectivity index (χ0n) is 15.8. The number of rotatable bonds is 4. The van der Waals surface area contributed by atoms with Crippen LogP contribution in [0.15, 0.2) is 83.8 Å². The van der Waals surface area contributed by atoms with Crippen LogP contribution in [0.2, 0.25) is 0 Å². The molecular formula is C23H16N4O2S. The lowest BCUT2D eigenvalue weighted by Gasteiger charge is -2.12. The van der Waals surface area contributed by atoms with Crippen LogP contribution in [0.25, 0.3) is 31.8 Å². The highest BCUT2D eigenvalue weighted by atomic mass is 32.1. The monoisotopic (exact) mass is 412 g/mol. The van der Waals surface area contributed by atoms with E-state index in [4.69, 9.17) is 4.98 Å². The van der Waals surface area contributed by atoms with E-state index in [1.165, 1.54) is 10.8 Å². The normalized spacial score (nSPS) is 11.1. The summed E-state index contributed by atoms with van der Waals surface area (Å²) in [6.07, 6.45) is 1.24. The van der Waals surface area contributed by atoms with Crippen molar-refractivity contribution in [3.8, 4) is 10.6 Å². The minimum Gasteiger partial charge on any atom is -0.324 e. The van der Waals surface area contributed by atoms with Crippen LogP contribution in [0.5, 0.6) is 0 Å². The van der Waals surface area contributed by atoms with Gasteiger partial charge in [-0.3, -0.25) is 14.2 Å². The van der Waals surface area contributed by atoms with Crippen molar-refractivity contribution in [1.82, 2.24) is 14.5 Å². The van der Waals surface area contributed by atoms with E-state index in [9.17, 15) is 9.59 Å². The maximum atomic E-state index is 12.8. The van der Waals surface area contributed by atoms with Gasteiger partial charge in [0.05, 0.1) is 33.1 Å². The molecule has 5 rings (SSSR count). The lowest BCUT2D eigenvalue weighted by Crippen LogP contribution is -2.28. The van der Waals surface area contributed by atoms with Crippen LogP contribution < -0.4 is 10.9 Å². The van der Waals surface area contributed by atoms with Crippen molar-refractivity contribution in [2.75, 3.05) is 5.32 Å². The number of fused-ring (bicyclic) bond motifs is 2. The zero-order chi connectivity index (χ0) is 20.5. The third-order valence-corrected chi connectivity index (χ3v) is 5.85. The third kappa shape index (κ3) is 3.35. The first kappa shape index (κ1) is 18.2. The maximum absolute atomic E-state index is 12.8. The fourth-order valence-corrected chi connectivity index (χ4v) is 4.38. The third-order valence-electron chi connectivity index (χ3n) is 4.78. The van der Waals surface area contributed by atoms with E-state index in [0.29, 0.717) is 16.7 Å². The van der Waals surface area contributed by atoms with Crippen molar-refractivity contribution in [2.24, 2.45) is 0 Å². The fourth-order valence-electron chi connectivity index (χ4n) is 3.38. The van der Waals surface area contributed by atoms with Gasteiger partial charge in [-0.15, -0.1) is 11.3 Å². The summed E-state index contributed by atoms with van der Waals surface area (Å²) < 4.78 is 2.52. The summed E-state index contributed by atoms with van der Waals surface area (Å²) in [5, 5.41) is 3.77. The molecule has 0 radical (unpaired) electrons. The molecule has 2 heterocycles. The van der Waals surface area contributed by atoms with Gasteiger partial charge >= 0.3 is 0 Å². The van der Waals surface area contributed by atoms with Gasteiger partial charge in [0.15, 0.2) is 0 Å². The molecule has 7 heteroatoms. The van der Waals surface area contributed by atoms with Crippen LogP contribution in [0.4, 0.5) is 5.69 Å². The number of hydrogen-bond acceptors (Lipinski definition) is 5. The second-order valence-electron chi connectivity index (χ2n) is 6.75. The molecule has 6 nitrogen and oxygen atoms in total. The zero-order valence-corrected chi connectivity index (χ0v) is 16.6. The lowest BCUT2D eigenvalue weighted by molar-refractivity contribution is -0.116. The minimum absolute atomic E-state index is 0.101.